The Balaban J connectivity index is 1.99. The molecule has 0 unspecified atom stereocenters. The van der Waals surface area contributed by atoms with Gasteiger partial charge >= 0.3 is 6.09 Å². The van der Waals surface area contributed by atoms with E-state index in [0.717, 1.165) is 5.56 Å². The van der Waals surface area contributed by atoms with E-state index in [-0.39, 0.29) is 17.5 Å². The Morgan fingerprint density at radius 1 is 1.42 bits per heavy atom. The third kappa shape index (κ3) is 3.05. The summed E-state index contributed by atoms with van der Waals surface area (Å²) >= 11 is 0. The lowest BCUT2D eigenvalue weighted by Crippen LogP contribution is -2.53. The zero-order valence-electron chi connectivity index (χ0n) is 10.4. The predicted molar refractivity (Wildman–Crippen MR) is 67.5 cm³/mol. The number of aryl methyl sites for hydroxylation is 1. The molecule has 0 aliphatic carbocycles. The molecular weight excluding hydrogens is 270 g/mol. The highest BCUT2D eigenvalue weighted by molar-refractivity contribution is 7.86. The van der Waals surface area contributed by atoms with Crippen molar-refractivity contribution in [3.63, 3.8) is 0 Å². The number of likely N-dealkylation sites (tertiary alicyclic amines) is 1. The Hall–Kier alpha value is -1.60. The summed E-state index contributed by atoms with van der Waals surface area (Å²) in [4.78, 5) is 12.0. The van der Waals surface area contributed by atoms with Crippen LogP contribution in [-0.4, -0.2) is 43.7 Å². The molecule has 1 heterocycles. The number of carbonyl (C=O) groups is 1. The maximum atomic E-state index is 11.9. The van der Waals surface area contributed by atoms with E-state index >= 15 is 0 Å². The summed E-state index contributed by atoms with van der Waals surface area (Å²) in [6.45, 7) is 2.15. The number of nitrogens with zero attached hydrogens (tertiary/aromatic N) is 1. The Kier molecular flexibility index (Phi) is 3.77. The molecule has 19 heavy (non-hydrogen) atoms. The molecule has 1 fully saturated rings. The topological polar surface area (TPSA) is 83.9 Å². The first kappa shape index (κ1) is 13.8. The van der Waals surface area contributed by atoms with Crippen molar-refractivity contribution in [1.82, 2.24) is 4.90 Å². The number of benzene rings is 1. The quantitative estimate of drug-likeness (QED) is 0.846. The van der Waals surface area contributed by atoms with Crippen molar-refractivity contribution < 1.29 is 22.5 Å². The largest absolute Gasteiger partial charge is 0.465 e. The smallest absolute Gasteiger partial charge is 0.407 e. The van der Waals surface area contributed by atoms with Crippen molar-refractivity contribution in [2.24, 2.45) is 0 Å². The summed E-state index contributed by atoms with van der Waals surface area (Å²) in [5.74, 6) is 0. The van der Waals surface area contributed by atoms with Crippen LogP contribution in [0.3, 0.4) is 0 Å². The maximum Gasteiger partial charge on any atom is 0.407 e. The summed E-state index contributed by atoms with van der Waals surface area (Å²) < 4.78 is 28.7. The standard InChI is InChI=1S/C12H15NO5S/c1-9-2-4-11(5-3-9)19(16,17)18-8-10-6-7-13(10)12(14)15/h2-5,10H,6-8H2,1H3,(H,14,15)/t10-/m1/s1. The monoisotopic (exact) mass is 285 g/mol. The molecule has 0 radical (unpaired) electrons. The van der Waals surface area contributed by atoms with Crippen LogP contribution in [0.4, 0.5) is 4.79 Å². The maximum absolute atomic E-state index is 11.9. The highest BCUT2D eigenvalue weighted by Crippen LogP contribution is 2.20. The molecule has 0 spiro atoms. The van der Waals surface area contributed by atoms with Crippen LogP contribution in [0, 0.1) is 6.92 Å². The highest BCUT2D eigenvalue weighted by atomic mass is 32.2. The van der Waals surface area contributed by atoms with Gasteiger partial charge in [-0.1, -0.05) is 17.7 Å². The van der Waals surface area contributed by atoms with Gasteiger partial charge in [0.15, 0.2) is 0 Å². The van der Waals surface area contributed by atoms with Gasteiger partial charge in [-0.05, 0) is 25.5 Å². The van der Waals surface area contributed by atoms with E-state index in [2.05, 4.69) is 0 Å². The third-order valence-electron chi connectivity index (χ3n) is 3.11. The summed E-state index contributed by atoms with van der Waals surface area (Å²) in [6.07, 6.45) is -0.428. The average molecular weight is 285 g/mol. The lowest BCUT2D eigenvalue weighted by atomic mass is 10.1. The fraction of sp³-hybridized carbons (Fsp3) is 0.417. The first-order chi connectivity index (χ1) is 8.90. The molecule has 1 amide bonds. The lowest BCUT2D eigenvalue weighted by molar-refractivity contribution is 0.0512. The molecule has 1 aromatic rings. The Morgan fingerprint density at radius 3 is 2.53 bits per heavy atom. The second kappa shape index (κ2) is 5.18. The SMILES string of the molecule is Cc1ccc(S(=O)(=O)OC[C@H]2CCN2C(=O)O)cc1. The van der Waals surface area contributed by atoms with Crippen LogP contribution in [0.2, 0.25) is 0 Å². The van der Waals surface area contributed by atoms with Gasteiger partial charge in [-0.25, -0.2) is 4.79 Å². The van der Waals surface area contributed by atoms with E-state index in [1.165, 1.54) is 17.0 Å². The van der Waals surface area contributed by atoms with Crippen molar-refractivity contribution in [1.29, 1.82) is 0 Å². The fourth-order valence-corrected chi connectivity index (χ4v) is 2.75. The van der Waals surface area contributed by atoms with Gasteiger partial charge in [0.05, 0.1) is 17.5 Å². The number of hydrogen-bond donors (Lipinski definition) is 1. The molecule has 1 saturated heterocycles. The van der Waals surface area contributed by atoms with Gasteiger partial charge in [0.25, 0.3) is 10.1 Å². The molecule has 1 atom stereocenters. The van der Waals surface area contributed by atoms with Gasteiger partial charge in [-0.3, -0.25) is 4.18 Å². The zero-order chi connectivity index (χ0) is 14.0. The minimum Gasteiger partial charge on any atom is -0.465 e. The van der Waals surface area contributed by atoms with Gasteiger partial charge in [0.1, 0.15) is 0 Å². The van der Waals surface area contributed by atoms with E-state index < -0.39 is 16.2 Å². The summed E-state index contributed by atoms with van der Waals surface area (Å²) in [6, 6.07) is 5.94. The van der Waals surface area contributed by atoms with Crippen LogP contribution in [-0.2, 0) is 14.3 Å². The van der Waals surface area contributed by atoms with Gasteiger partial charge in [0.2, 0.25) is 0 Å². The van der Waals surface area contributed by atoms with Crippen LogP contribution in [0.1, 0.15) is 12.0 Å². The van der Waals surface area contributed by atoms with Crippen LogP contribution in [0.25, 0.3) is 0 Å². The molecule has 1 aliphatic heterocycles. The molecule has 6 nitrogen and oxygen atoms in total. The van der Waals surface area contributed by atoms with E-state index in [1.54, 1.807) is 12.1 Å². The van der Waals surface area contributed by atoms with Crippen molar-refractivity contribution in [2.75, 3.05) is 13.2 Å². The van der Waals surface area contributed by atoms with Crippen molar-refractivity contribution in [3.05, 3.63) is 29.8 Å². The number of rotatable bonds is 4. The number of amides is 1. The zero-order valence-corrected chi connectivity index (χ0v) is 11.3. The normalized spacial score (nSPS) is 19.0. The molecule has 0 aromatic heterocycles. The van der Waals surface area contributed by atoms with Crippen molar-refractivity contribution in [3.8, 4) is 0 Å². The van der Waals surface area contributed by atoms with Crippen LogP contribution >= 0.6 is 0 Å². The van der Waals surface area contributed by atoms with Crippen LogP contribution < -0.4 is 0 Å². The van der Waals surface area contributed by atoms with E-state index in [4.69, 9.17) is 9.29 Å². The molecule has 0 saturated carbocycles. The fourth-order valence-electron chi connectivity index (χ4n) is 1.81. The Labute approximate surface area is 111 Å². The predicted octanol–water partition coefficient (Wildman–Crippen LogP) is 1.45. The third-order valence-corrected chi connectivity index (χ3v) is 4.41. The summed E-state index contributed by atoms with van der Waals surface area (Å²) in [5, 5.41) is 8.80. The van der Waals surface area contributed by atoms with Gasteiger partial charge < -0.3 is 10.0 Å². The van der Waals surface area contributed by atoms with Crippen molar-refractivity contribution in [2.45, 2.75) is 24.3 Å². The Bertz CT molecular complexity index is 566. The molecule has 1 aromatic carbocycles. The van der Waals surface area contributed by atoms with Crippen LogP contribution in [0.15, 0.2) is 29.2 Å². The highest BCUT2D eigenvalue weighted by Gasteiger charge is 2.33. The molecule has 0 bridgehead atoms. The van der Waals surface area contributed by atoms with E-state index in [1.807, 2.05) is 6.92 Å². The molecule has 104 valence electrons. The summed E-state index contributed by atoms with van der Waals surface area (Å²) in [7, 11) is -3.82. The van der Waals surface area contributed by atoms with Crippen LogP contribution in [0.5, 0.6) is 0 Å². The van der Waals surface area contributed by atoms with Crippen molar-refractivity contribution >= 4 is 16.2 Å². The molecule has 7 heteroatoms. The lowest BCUT2D eigenvalue weighted by Gasteiger charge is -2.38. The first-order valence-electron chi connectivity index (χ1n) is 5.86. The molecule has 1 N–H and O–H groups in total. The molecule has 2 rings (SSSR count). The second-order valence-electron chi connectivity index (χ2n) is 4.47. The minimum absolute atomic E-state index is 0.0827. The van der Waals surface area contributed by atoms with E-state index in [9.17, 15) is 13.2 Å². The second-order valence-corrected chi connectivity index (χ2v) is 6.09. The first-order valence-corrected chi connectivity index (χ1v) is 7.26. The van der Waals surface area contributed by atoms with Gasteiger partial charge in [-0.15, -0.1) is 0 Å². The molecular formula is C12H15NO5S. The van der Waals surface area contributed by atoms with Gasteiger partial charge in [0, 0.05) is 6.54 Å². The summed E-state index contributed by atoms with van der Waals surface area (Å²) in [5.41, 5.74) is 0.954. The minimum atomic E-state index is -3.82. The number of carboxylic acid groups (broad SMARTS) is 1. The number of hydrogen-bond acceptors (Lipinski definition) is 4. The Morgan fingerprint density at radius 2 is 2.05 bits per heavy atom. The van der Waals surface area contributed by atoms with Gasteiger partial charge in [-0.2, -0.15) is 8.42 Å². The average Bonchev–Trinajstić information content (AvgIpc) is 2.27. The van der Waals surface area contributed by atoms with E-state index in [0.29, 0.717) is 13.0 Å². The molecule has 1 aliphatic rings.